The molecule has 12 heteroatoms. The molecule has 0 unspecified atom stereocenters. The number of rotatable bonds is 4. The fourth-order valence-electron chi connectivity index (χ4n) is 3.90. The number of carbonyl (C=O) groups is 3. The van der Waals surface area contributed by atoms with Crippen molar-refractivity contribution in [2.45, 2.75) is 45.8 Å². The van der Waals surface area contributed by atoms with Crippen molar-refractivity contribution >= 4 is 17.8 Å². The maximum atomic E-state index is 12.9. The van der Waals surface area contributed by atoms with Crippen LogP contribution in [0, 0.1) is 19.3 Å². The first-order chi connectivity index (χ1) is 14.8. The SMILES string of the molecule is Cc1noc(C)c1CN1CCC2(CC1)CCN(CC(=O)N(C)C)C2=O.O=C(O)C(F)(F)F. The summed E-state index contributed by atoms with van der Waals surface area (Å²) in [4.78, 5) is 39.4. The molecule has 0 atom stereocenters. The molecule has 1 spiro atoms. The van der Waals surface area contributed by atoms with Crippen molar-refractivity contribution in [2.24, 2.45) is 5.41 Å². The van der Waals surface area contributed by atoms with Gasteiger partial charge < -0.3 is 19.4 Å². The van der Waals surface area contributed by atoms with Crippen molar-refractivity contribution in [1.29, 1.82) is 0 Å². The number of aliphatic carboxylic acids is 1. The number of amides is 2. The Bertz CT molecular complexity index is 825. The molecule has 0 aromatic carbocycles. The summed E-state index contributed by atoms with van der Waals surface area (Å²) in [5.41, 5.74) is 1.84. The number of likely N-dealkylation sites (N-methyl/N-ethyl adjacent to an activating group) is 1. The van der Waals surface area contributed by atoms with Gasteiger partial charge in [0, 0.05) is 32.7 Å². The van der Waals surface area contributed by atoms with Gasteiger partial charge in [-0.3, -0.25) is 14.5 Å². The van der Waals surface area contributed by atoms with Crippen molar-refractivity contribution < 1.29 is 37.2 Å². The Hall–Kier alpha value is -2.63. The third-order valence-electron chi connectivity index (χ3n) is 6.04. The van der Waals surface area contributed by atoms with Crippen LogP contribution in [0.3, 0.4) is 0 Å². The number of likely N-dealkylation sites (tertiary alicyclic amines) is 2. The first-order valence-corrected chi connectivity index (χ1v) is 10.2. The Kier molecular flexibility index (Phi) is 7.92. The Morgan fingerprint density at radius 2 is 1.69 bits per heavy atom. The Labute approximate surface area is 184 Å². The number of carboxylic acid groups (broad SMARTS) is 1. The molecule has 2 fully saturated rings. The van der Waals surface area contributed by atoms with Crippen LogP contribution in [0.1, 0.15) is 36.3 Å². The molecule has 0 bridgehead atoms. The Balaban J connectivity index is 0.000000451. The molecule has 2 aliphatic rings. The summed E-state index contributed by atoms with van der Waals surface area (Å²) in [6.07, 6.45) is -2.49. The van der Waals surface area contributed by atoms with Gasteiger partial charge in [0.25, 0.3) is 0 Å². The second kappa shape index (κ2) is 9.88. The van der Waals surface area contributed by atoms with Crippen molar-refractivity contribution in [3.8, 4) is 0 Å². The first-order valence-electron chi connectivity index (χ1n) is 10.2. The minimum atomic E-state index is -5.08. The third kappa shape index (κ3) is 5.99. The zero-order chi connectivity index (χ0) is 24.3. The number of aryl methyl sites for hydroxylation is 2. The van der Waals surface area contributed by atoms with Crippen LogP contribution in [0.25, 0.3) is 0 Å². The van der Waals surface area contributed by atoms with Crippen molar-refractivity contribution in [1.82, 2.24) is 19.9 Å². The summed E-state index contributed by atoms with van der Waals surface area (Å²) >= 11 is 0. The van der Waals surface area contributed by atoms with Gasteiger partial charge >= 0.3 is 12.1 Å². The van der Waals surface area contributed by atoms with E-state index in [1.165, 1.54) is 0 Å². The van der Waals surface area contributed by atoms with E-state index < -0.39 is 12.1 Å². The van der Waals surface area contributed by atoms with Gasteiger partial charge in [0.1, 0.15) is 5.76 Å². The van der Waals surface area contributed by atoms with Crippen LogP contribution in [0.5, 0.6) is 0 Å². The van der Waals surface area contributed by atoms with Gasteiger partial charge in [0.15, 0.2) is 0 Å². The fraction of sp³-hybridized carbons (Fsp3) is 0.700. The summed E-state index contributed by atoms with van der Waals surface area (Å²) in [5, 5.41) is 11.1. The summed E-state index contributed by atoms with van der Waals surface area (Å²) in [6.45, 7) is 7.43. The molecule has 1 aromatic rings. The molecule has 180 valence electrons. The molecule has 0 radical (unpaired) electrons. The minimum absolute atomic E-state index is 0.0127. The molecule has 1 N–H and O–H groups in total. The van der Waals surface area contributed by atoms with E-state index in [1.54, 1.807) is 23.9 Å². The zero-order valence-corrected chi connectivity index (χ0v) is 18.7. The fourth-order valence-corrected chi connectivity index (χ4v) is 3.90. The van der Waals surface area contributed by atoms with E-state index in [4.69, 9.17) is 14.4 Å². The maximum absolute atomic E-state index is 12.9. The number of halogens is 3. The predicted octanol–water partition coefficient (Wildman–Crippen LogP) is 1.83. The molecular weight excluding hydrogens is 433 g/mol. The predicted molar refractivity (Wildman–Crippen MR) is 107 cm³/mol. The Morgan fingerprint density at radius 3 is 2.12 bits per heavy atom. The number of aromatic nitrogens is 1. The summed E-state index contributed by atoms with van der Waals surface area (Å²) in [5.74, 6) is -1.73. The highest BCUT2D eigenvalue weighted by Gasteiger charge is 2.48. The summed E-state index contributed by atoms with van der Waals surface area (Å²) in [6, 6.07) is 0. The van der Waals surface area contributed by atoms with Crippen LogP contribution in [0.2, 0.25) is 0 Å². The number of alkyl halides is 3. The number of carbonyl (C=O) groups excluding carboxylic acids is 2. The second-order valence-corrected chi connectivity index (χ2v) is 8.43. The van der Waals surface area contributed by atoms with Gasteiger partial charge in [-0.25, -0.2) is 4.79 Å². The number of nitrogens with zero attached hydrogens (tertiary/aromatic N) is 4. The van der Waals surface area contributed by atoms with Crippen LogP contribution < -0.4 is 0 Å². The van der Waals surface area contributed by atoms with Gasteiger partial charge in [0.2, 0.25) is 11.8 Å². The average molecular weight is 462 g/mol. The maximum Gasteiger partial charge on any atom is 0.490 e. The highest BCUT2D eigenvalue weighted by Crippen LogP contribution is 2.41. The van der Waals surface area contributed by atoms with Gasteiger partial charge in [0.05, 0.1) is 17.7 Å². The van der Waals surface area contributed by atoms with Crippen molar-refractivity contribution in [3.63, 3.8) is 0 Å². The third-order valence-corrected chi connectivity index (χ3v) is 6.04. The normalized spacial score (nSPS) is 18.5. The van der Waals surface area contributed by atoms with E-state index in [9.17, 15) is 22.8 Å². The van der Waals surface area contributed by atoms with Crippen LogP contribution in [0.4, 0.5) is 13.2 Å². The lowest BCUT2D eigenvalue weighted by Crippen LogP contribution is -2.46. The van der Waals surface area contributed by atoms with E-state index in [-0.39, 0.29) is 23.8 Å². The van der Waals surface area contributed by atoms with Crippen LogP contribution in [-0.2, 0) is 20.9 Å². The lowest BCUT2D eigenvalue weighted by Gasteiger charge is -2.38. The standard InChI is InChI=1S/C18H28N4O3.C2HF3O2/c1-13-15(14(2)25-19-13)11-21-8-5-18(6-9-21)7-10-22(17(18)24)12-16(23)20(3)4;3-2(4,5)1(6)7/h5-12H2,1-4H3;(H,6,7). The van der Waals surface area contributed by atoms with Crippen molar-refractivity contribution in [3.05, 3.63) is 17.0 Å². The van der Waals surface area contributed by atoms with Gasteiger partial charge in [-0.1, -0.05) is 5.16 Å². The van der Waals surface area contributed by atoms with E-state index in [1.807, 2.05) is 13.8 Å². The summed E-state index contributed by atoms with van der Waals surface area (Å²) < 4.78 is 37.0. The van der Waals surface area contributed by atoms with E-state index in [0.29, 0.717) is 6.54 Å². The number of piperidine rings is 1. The number of hydrogen-bond donors (Lipinski definition) is 1. The molecule has 3 heterocycles. The smallest absolute Gasteiger partial charge is 0.475 e. The van der Waals surface area contributed by atoms with Gasteiger partial charge in [-0.2, -0.15) is 13.2 Å². The lowest BCUT2D eigenvalue weighted by molar-refractivity contribution is -0.192. The lowest BCUT2D eigenvalue weighted by atomic mass is 9.77. The molecule has 2 amide bonds. The highest BCUT2D eigenvalue weighted by molar-refractivity contribution is 5.89. The molecule has 3 rings (SSSR count). The van der Waals surface area contributed by atoms with Gasteiger partial charge in [-0.05, 0) is 46.2 Å². The molecule has 0 saturated carbocycles. The Morgan fingerprint density at radius 1 is 1.16 bits per heavy atom. The molecule has 1 aromatic heterocycles. The molecule has 32 heavy (non-hydrogen) atoms. The first kappa shape index (κ1) is 25.6. The molecular formula is C20H29F3N4O5. The largest absolute Gasteiger partial charge is 0.490 e. The zero-order valence-electron chi connectivity index (χ0n) is 18.7. The van der Waals surface area contributed by atoms with E-state index >= 15 is 0 Å². The van der Waals surface area contributed by atoms with Gasteiger partial charge in [-0.15, -0.1) is 0 Å². The quantitative estimate of drug-likeness (QED) is 0.727. The second-order valence-electron chi connectivity index (χ2n) is 8.43. The van der Waals surface area contributed by atoms with Crippen LogP contribution in [0.15, 0.2) is 4.52 Å². The van der Waals surface area contributed by atoms with E-state index in [0.717, 1.165) is 55.9 Å². The van der Waals surface area contributed by atoms with E-state index in [2.05, 4.69) is 10.1 Å². The highest BCUT2D eigenvalue weighted by atomic mass is 19.4. The summed E-state index contributed by atoms with van der Waals surface area (Å²) in [7, 11) is 3.46. The molecule has 9 nitrogen and oxygen atoms in total. The minimum Gasteiger partial charge on any atom is -0.475 e. The monoisotopic (exact) mass is 462 g/mol. The molecule has 2 saturated heterocycles. The van der Waals surface area contributed by atoms with Crippen LogP contribution >= 0.6 is 0 Å². The molecule has 2 aliphatic heterocycles. The average Bonchev–Trinajstić information content (AvgIpc) is 3.18. The number of hydrogen-bond acceptors (Lipinski definition) is 6. The van der Waals surface area contributed by atoms with Crippen LogP contribution in [-0.4, -0.2) is 89.2 Å². The topological polar surface area (TPSA) is 107 Å². The number of carboxylic acids is 1. The molecule has 0 aliphatic carbocycles. The van der Waals surface area contributed by atoms with Crippen molar-refractivity contribution in [2.75, 3.05) is 40.3 Å².